The lowest BCUT2D eigenvalue weighted by molar-refractivity contribution is 0.175. The Bertz CT molecular complexity index is 917. The van der Waals surface area contributed by atoms with Gasteiger partial charge in [-0.15, -0.1) is 0 Å². The van der Waals surface area contributed by atoms with Crippen LogP contribution >= 0.6 is 0 Å². The van der Waals surface area contributed by atoms with Crippen LogP contribution < -0.4 is 14.8 Å². The number of aryl methyl sites for hydroxylation is 1. The van der Waals surface area contributed by atoms with Crippen LogP contribution in [0.1, 0.15) is 68.6 Å². The number of nitrogens with one attached hydrogen (secondary N) is 1. The summed E-state index contributed by atoms with van der Waals surface area (Å²) in [4.78, 5) is 21.5. The van der Waals surface area contributed by atoms with Gasteiger partial charge in [0.25, 0.3) is 0 Å². The van der Waals surface area contributed by atoms with E-state index in [4.69, 9.17) is 14.0 Å². The van der Waals surface area contributed by atoms with Crippen LogP contribution in [-0.4, -0.2) is 27.8 Å². The molecule has 1 amide bonds. The zero-order valence-corrected chi connectivity index (χ0v) is 16.8. The fourth-order valence-electron chi connectivity index (χ4n) is 3.64. The van der Waals surface area contributed by atoms with Gasteiger partial charge in [0.2, 0.25) is 17.7 Å². The molecule has 0 bridgehead atoms. The van der Waals surface area contributed by atoms with E-state index in [1.807, 2.05) is 13.0 Å². The van der Waals surface area contributed by atoms with Crippen LogP contribution in [0, 0.1) is 18.8 Å². The zero-order valence-electron chi connectivity index (χ0n) is 16.8. The first-order chi connectivity index (χ1) is 14.0. The molecular weight excluding hydrogens is 372 g/mol. The molecule has 1 N–H and O–H groups in total. The van der Waals surface area contributed by atoms with Gasteiger partial charge in [-0.1, -0.05) is 5.16 Å². The quantitative estimate of drug-likeness (QED) is 0.721. The predicted octanol–water partition coefficient (Wildman–Crippen LogP) is 3.85. The van der Waals surface area contributed by atoms with Crippen LogP contribution in [0.3, 0.4) is 0 Å². The van der Waals surface area contributed by atoms with Crippen molar-refractivity contribution in [3.8, 4) is 11.8 Å². The molecule has 2 aromatic rings. The molecule has 5 rings (SSSR count). The summed E-state index contributed by atoms with van der Waals surface area (Å²) in [5, 5.41) is 6.95. The highest BCUT2D eigenvalue weighted by Gasteiger charge is 2.47. The number of nitrogens with zero attached hydrogens (tertiary/aromatic N) is 3. The van der Waals surface area contributed by atoms with E-state index in [1.54, 1.807) is 13.0 Å². The fraction of sp³-hybridized carbons (Fsp3) is 0.619. The number of amides is 1. The summed E-state index contributed by atoms with van der Waals surface area (Å²) in [5.41, 5.74) is 0.386. The van der Waals surface area contributed by atoms with E-state index in [0.717, 1.165) is 31.2 Å². The second-order valence-electron chi connectivity index (χ2n) is 8.70. The van der Waals surface area contributed by atoms with Crippen molar-refractivity contribution in [1.29, 1.82) is 0 Å². The van der Waals surface area contributed by atoms with Crippen LogP contribution in [0.4, 0.5) is 4.79 Å². The van der Waals surface area contributed by atoms with Gasteiger partial charge in [0.15, 0.2) is 5.82 Å². The second kappa shape index (κ2) is 7.00. The maximum atomic E-state index is 12.7. The number of rotatable bonds is 8. The van der Waals surface area contributed by atoms with Crippen molar-refractivity contribution in [3.63, 3.8) is 0 Å². The first-order valence-corrected chi connectivity index (χ1v) is 10.5. The number of carbonyl (C=O) groups excluding carboxylic acids is 1. The van der Waals surface area contributed by atoms with Gasteiger partial charge in [-0.3, -0.25) is 0 Å². The smallest absolute Gasteiger partial charge is 0.414 e. The normalized spacial score (nSPS) is 20.8. The molecule has 0 aliphatic heterocycles. The minimum atomic E-state index is -0.728. The molecule has 2 heterocycles. The fourth-order valence-corrected chi connectivity index (χ4v) is 3.64. The highest BCUT2D eigenvalue weighted by Crippen LogP contribution is 2.46. The highest BCUT2D eigenvalue weighted by atomic mass is 16.6. The molecule has 29 heavy (non-hydrogen) atoms. The average Bonchev–Trinajstić information content (AvgIpc) is 3.53. The van der Waals surface area contributed by atoms with Crippen molar-refractivity contribution in [2.24, 2.45) is 11.8 Å². The number of carbonyl (C=O) groups is 1. The van der Waals surface area contributed by atoms with Crippen molar-refractivity contribution in [2.45, 2.75) is 63.8 Å². The maximum Gasteiger partial charge on any atom is 0.414 e. The third kappa shape index (κ3) is 4.06. The molecule has 1 atom stereocenters. The standard InChI is InChI=1S/C21H26N4O4/c1-12-22-19(25-29-12)21(2,15-7-8-15)24-20(26)28-17-10-9-16(14-5-6-14)18(23-17)27-11-13-3-4-13/h9-10,13-15H,3-8,11H2,1-2H3,(H,24,26). The molecule has 8 nitrogen and oxygen atoms in total. The van der Waals surface area contributed by atoms with E-state index in [-0.39, 0.29) is 11.8 Å². The number of hydrogen-bond donors (Lipinski definition) is 1. The SMILES string of the molecule is Cc1nc(C(C)(NC(=O)Oc2ccc(C3CC3)c(OCC3CC3)n2)C2CC2)no1. The molecule has 3 aliphatic carbocycles. The lowest BCUT2D eigenvalue weighted by Crippen LogP contribution is -2.47. The Kier molecular flexibility index (Phi) is 4.44. The molecule has 8 heteroatoms. The first kappa shape index (κ1) is 18.4. The predicted molar refractivity (Wildman–Crippen MR) is 103 cm³/mol. The molecule has 2 aromatic heterocycles. The van der Waals surface area contributed by atoms with E-state index in [0.29, 0.717) is 36.0 Å². The van der Waals surface area contributed by atoms with Crippen LogP contribution in [0.2, 0.25) is 0 Å². The Morgan fingerprint density at radius 1 is 1.21 bits per heavy atom. The van der Waals surface area contributed by atoms with Crippen LogP contribution in [0.15, 0.2) is 16.7 Å². The van der Waals surface area contributed by atoms with Gasteiger partial charge in [-0.05, 0) is 69.3 Å². The van der Waals surface area contributed by atoms with Gasteiger partial charge in [-0.2, -0.15) is 9.97 Å². The van der Waals surface area contributed by atoms with Gasteiger partial charge in [0.1, 0.15) is 5.54 Å². The Morgan fingerprint density at radius 3 is 2.62 bits per heavy atom. The molecule has 3 fully saturated rings. The Labute approximate surface area is 169 Å². The second-order valence-corrected chi connectivity index (χ2v) is 8.70. The molecular formula is C21H26N4O4. The van der Waals surface area contributed by atoms with E-state index in [9.17, 15) is 4.79 Å². The monoisotopic (exact) mass is 398 g/mol. The van der Waals surface area contributed by atoms with E-state index in [2.05, 4.69) is 20.4 Å². The third-order valence-corrected chi connectivity index (χ3v) is 5.98. The molecule has 0 radical (unpaired) electrons. The van der Waals surface area contributed by atoms with Crippen molar-refractivity contribution < 1.29 is 18.8 Å². The number of ether oxygens (including phenoxy) is 2. The summed E-state index contributed by atoms with van der Waals surface area (Å²) in [6.07, 6.45) is 6.16. The lowest BCUT2D eigenvalue weighted by Gasteiger charge is -2.26. The van der Waals surface area contributed by atoms with E-state index >= 15 is 0 Å². The van der Waals surface area contributed by atoms with Gasteiger partial charge in [-0.25, -0.2) is 4.79 Å². The van der Waals surface area contributed by atoms with E-state index in [1.165, 1.54) is 12.8 Å². The molecule has 1 unspecified atom stereocenters. The number of hydrogen-bond acceptors (Lipinski definition) is 7. The molecule has 154 valence electrons. The van der Waals surface area contributed by atoms with Crippen LogP contribution in [-0.2, 0) is 5.54 Å². The summed E-state index contributed by atoms with van der Waals surface area (Å²) < 4.78 is 16.6. The lowest BCUT2D eigenvalue weighted by atomic mass is 9.95. The Hall–Kier alpha value is -2.64. The average molecular weight is 398 g/mol. The molecule has 3 saturated carbocycles. The minimum Gasteiger partial charge on any atom is -0.477 e. The van der Waals surface area contributed by atoms with Gasteiger partial charge >= 0.3 is 6.09 Å². The highest BCUT2D eigenvalue weighted by molar-refractivity contribution is 5.71. The summed E-state index contributed by atoms with van der Waals surface area (Å²) >= 11 is 0. The number of pyridine rings is 1. The number of aromatic nitrogens is 3. The van der Waals surface area contributed by atoms with Gasteiger partial charge in [0.05, 0.1) is 6.61 Å². The van der Waals surface area contributed by atoms with Crippen molar-refractivity contribution >= 4 is 6.09 Å². The van der Waals surface area contributed by atoms with Crippen LogP contribution in [0.25, 0.3) is 0 Å². The Morgan fingerprint density at radius 2 is 2.00 bits per heavy atom. The topological polar surface area (TPSA) is 99.4 Å². The summed E-state index contributed by atoms with van der Waals surface area (Å²) in [5.74, 6) is 3.18. The summed E-state index contributed by atoms with van der Waals surface area (Å²) in [7, 11) is 0. The van der Waals surface area contributed by atoms with Gasteiger partial charge < -0.3 is 19.3 Å². The van der Waals surface area contributed by atoms with Crippen molar-refractivity contribution in [3.05, 3.63) is 29.4 Å². The largest absolute Gasteiger partial charge is 0.477 e. The van der Waals surface area contributed by atoms with Crippen molar-refractivity contribution in [2.75, 3.05) is 6.61 Å². The summed E-state index contributed by atoms with van der Waals surface area (Å²) in [6.45, 7) is 4.32. The summed E-state index contributed by atoms with van der Waals surface area (Å²) in [6, 6.07) is 3.71. The molecule has 3 aliphatic rings. The molecule has 0 spiro atoms. The molecule has 0 aromatic carbocycles. The maximum absolute atomic E-state index is 12.7. The first-order valence-electron chi connectivity index (χ1n) is 10.5. The van der Waals surface area contributed by atoms with Gasteiger partial charge in [0, 0.05) is 18.6 Å². The zero-order chi connectivity index (χ0) is 20.0. The molecule has 0 saturated heterocycles. The van der Waals surface area contributed by atoms with E-state index < -0.39 is 11.6 Å². The third-order valence-electron chi connectivity index (χ3n) is 5.98. The van der Waals surface area contributed by atoms with Crippen molar-refractivity contribution in [1.82, 2.24) is 20.4 Å². The Balaban J connectivity index is 1.30. The van der Waals surface area contributed by atoms with Crippen LogP contribution in [0.5, 0.6) is 11.8 Å². The minimum absolute atomic E-state index is 0.236.